The molecular weight excluding hydrogens is 400 g/mol. The van der Waals surface area contributed by atoms with E-state index in [-0.39, 0.29) is 0 Å². The first-order valence-corrected chi connectivity index (χ1v) is 10.4. The molecule has 0 bridgehead atoms. The Hall–Kier alpha value is -3.07. The number of halogens is 1. The largest absolute Gasteiger partial charge is 0.270 e. The minimum absolute atomic E-state index is 0.628. The van der Waals surface area contributed by atoms with Gasteiger partial charge >= 0.3 is 0 Å². The fourth-order valence-corrected chi connectivity index (χ4v) is 4.13. The first kappa shape index (κ1) is 19.3. The van der Waals surface area contributed by atoms with Gasteiger partial charge in [0.25, 0.3) is 0 Å². The highest BCUT2D eigenvalue weighted by Gasteiger charge is 2.17. The highest BCUT2D eigenvalue weighted by Crippen LogP contribution is 2.31. The maximum Gasteiger partial charge on any atom is 0.196 e. The molecule has 4 aromatic rings. The van der Waals surface area contributed by atoms with E-state index in [9.17, 15) is 5.26 Å². The number of hydrogen-bond acceptors (Lipinski definition) is 4. The van der Waals surface area contributed by atoms with E-state index in [1.54, 1.807) is 11.8 Å². The molecular formula is C23H17ClN4S. The van der Waals surface area contributed by atoms with Gasteiger partial charge in [0, 0.05) is 22.0 Å². The topological polar surface area (TPSA) is 54.5 Å². The van der Waals surface area contributed by atoms with Crippen LogP contribution in [-0.2, 0) is 5.75 Å². The van der Waals surface area contributed by atoms with Crippen LogP contribution in [0.15, 0.2) is 78.0 Å². The van der Waals surface area contributed by atoms with Gasteiger partial charge in [-0.3, -0.25) is 4.57 Å². The highest BCUT2D eigenvalue weighted by atomic mass is 35.5. The van der Waals surface area contributed by atoms with Crippen LogP contribution in [-0.4, -0.2) is 14.8 Å². The fraction of sp³-hybridized carbons (Fsp3) is 0.0870. The molecule has 0 unspecified atom stereocenters. The second-order valence-corrected chi connectivity index (χ2v) is 7.85. The zero-order valence-corrected chi connectivity index (χ0v) is 17.3. The van der Waals surface area contributed by atoms with Gasteiger partial charge in [-0.05, 0) is 42.3 Å². The van der Waals surface area contributed by atoms with E-state index in [0.717, 1.165) is 33.4 Å². The molecule has 0 aliphatic rings. The van der Waals surface area contributed by atoms with Crippen molar-refractivity contribution in [2.75, 3.05) is 0 Å². The number of aryl methyl sites for hydroxylation is 1. The third-order valence-corrected chi connectivity index (χ3v) is 5.96. The minimum Gasteiger partial charge on any atom is -0.270 e. The molecule has 142 valence electrons. The molecule has 3 aromatic carbocycles. The molecule has 29 heavy (non-hydrogen) atoms. The van der Waals surface area contributed by atoms with E-state index in [1.807, 2.05) is 84.3 Å². The van der Waals surface area contributed by atoms with Gasteiger partial charge in [-0.25, -0.2) is 0 Å². The van der Waals surface area contributed by atoms with Gasteiger partial charge in [0.15, 0.2) is 11.0 Å². The summed E-state index contributed by atoms with van der Waals surface area (Å²) in [5, 5.41) is 19.7. The Morgan fingerprint density at radius 3 is 2.52 bits per heavy atom. The van der Waals surface area contributed by atoms with Crippen LogP contribution in [0.1, 0.15) is 16.7 Å². The number of nitrogens with zero attached hydrogens (tertiary/aromatic N) is 4. The summed E-state index contributed by atoms with van der Waals surface area (Å²) >= 11 is 7.90. The molecule has 1 heterocycles. The maximum atomic E-state index is 9.34. The molecule has 0 spiro atoms. The summed E-state index contributed by atoms with van der Waals surface area (Å²) in [6.45, 7) is 1.97. The third kappa shape index (κ3) is 4.04. The maximum absolute atomic E-state index is 9.34. The fourth-order valence-electron chi connectivity index (χ4n) is 2.99. The van der Waals surface area contributed by atoms with Crippen LogP contribution in [0.3, 0.4) is 0 Å². The van der Waals surface area contributed by atoms with E-state index < -0.39 is 0 Å². The standard InChI is InChI=1S/C23H17ClN4S/c1-16-11-12-17(13-21(16)24)22-26-27-23(28(22)20-9-3-2-4-10-20)29-15-19-8-6-5-7-18(19)14-25/h2-13H,15H2,1H3. The van der Waals surface area contributed by atoms with Crippen LogP contribution in [0.4, 0.5) is 0 Å². The highest BCUT2D eigenvalue weighted by molar-refractivity contribution is 7.98. The normalized spacial score (nSPS) is 10.7. The number of hydrogen-bond donors (Lipinski definition) is 0. The van der Waals surface area contributed by atoms with E-state index in [0.29, 0.717) is 16.3 Å². The Bertz CT molecular complexity index is 1200. The Morgan fingerprint density at radius 2 is 1.76 bits per heavy atom. The molecule has 0 saturated heterocycles. The number of aromatic nitrogens is 3. The predicted octanol–water partition coefficient (Wildman–Crippen LogP) is 6.06. The zero-order valence-electron chi connectivity index (χ0n) is 15.7. The Kier molecular flexibility index (Phi) is 5.66. The summed E-state index contributed by atoms with van der Waals surface area (Å²) < 4.78 is 2.03. The van der Waals surface area contributed by atoms with Gasteiger partial charge in [-0.2, -0.15) is 5.26 Å². The van der Waals surface area contributed by atoms with Crippen molar-refractivity contribution in [3.05, 3.63) is 94.5 Å². The average Bonchev–Trinajstić information content (AvgIpc) is 3.19. The average molecular weight is 417 g/mol. The van der Waals surface area contributed by atoms with Crippen molar-refractivity contribution in [3.63, 3.8) is 0 Å². The lowest BCUT2D eigenvalue weighted by atomic mass is 10.1. The van der Waals surface area contributed by atoms with E-state index >= 15 is 0 Å². The number of rotatable bonds is 5. The van der Waals surface area contributed by atoms with E-state index in [2.05, 4.69) is 16.3 Å². The summed E-state index contributed by atoms with van der Waals surface area (Å²) in [6, 6.07) is 25.8. The van der Waals surface area contributed by atoms with Crippen LogP contribution >= 0.6 is 23.4 Å². The van der Waals surface area contributed by atoms with Crippen LogP contribution in [0.2, 0.25) is 5.02 Å². The van der Waals surface area contributed by atoms with Crippen molar-refractivity contribution in [3.8, 4) is 23.1 Å². The second kappa shape index (κ2) is 8.52. The molecule has 0 saturated carbocycles. The lowest BCUT2D eigenvalue weighted by molar-refractivity contribution is 0.886. The predicted molar refractivity (Wildman–Crippen MR) is 117 cm³/mol. The first-order chi connectivity index (χ1) is 14.2. The second-order valence-electron chi connectivity index (χ2n) is 6.50. The van der Waals surface area contributed by atoms with Crippen LogP contribution in [0, 0.1) is 18.3 Å². The molecule has 0 aliphatic heterocycles. The zero-order chi connectivity index (χ0) is 20.2. The van der Waals surface area contributed by atoms with E-state index in [1.165, 1.54) is 0 Å². The molecule has 4 rings (SSSR count). The van der Waals surface area contributed by atoms with Crippen molar-refractivity contribution in [1.82, 2.24) is 14.8 Å². The first-order valence-electron chi connectivity index (χ1n) is 9.05. The van der Waals surface area contributed by atoms with Crippen LogP contribution in [0.25, 0.3) is 17.1 Å². The lowest BCUT2D eigenvalue weighted by Crippen LogP contribution is -2.00. The number of nitriles is 1. The van der Waals surface area contributed by atoms with Crippen LogP contribution in [0.5, 0.6) is 0 Å². The Labute approximate surface area is 178 Å². The number of thioether (sulfide) groups is 1. The summed E-state index contributed by atoms with van der Waals surface area (Å²) in [5.41, 5.74) is 4.55. The smallest absolute Gasteiger partial charge is 0.196 e. The van der Waals surface area contributed by atoms with Gasteiger partial charge in [0.1, 0.15) is 0 Å². The van der Waals surface area contributed by atoms with Gasteiger partial charge in [-0.1, -0.05) is 71.9 Å². The molecule has 4 nitrogen and oxygen atoms in total. The quantitative estimate of drug-likeness (QED) is 0.371. The van der Waals surface area contributed by atoms with Gasteiger partial charge < -0.3 is 0 Å². The van der Waals surface area contributed by atoms with Crippen molar-refractivity contribution in [2.45, 2.75) is 17.8 Å². The monoisotopic (exact) mass is 416 g/mol. The van der Waals surface area contributed by atoms with Gasteiger partial charge in [0.05, 0.1) is 11.6 Å². The van der Waals surface area contributed by atoms with Crippen molar-refractivity contribution in [2.24, 2.45) is 0 Å². The molecule has 0 atom stereocenters. The lowest BCUT2D eigenvalue weighted by Gasteiger charge is -2.11. The summed E-state index contributed by atoms with van der Waals surface area (Å²) in [7, 11) is 0. The molecule has 0 amide bonds. The molecule has 0 radical (unpaired) electrons. The summed E-state index contributed by atoms with van der Waals surface area (Å²) in [4.78, 5) is 0. The van der Waals surface area contributed by atoms with Crippen molar-refractivity contribution in [1.29, 1.82) is 5.26 Å². The summed E-state index contributed by atoms with van der Waals surface area (Å²) in [5.74, 6) is 1.36. The van der Waals surface area contributed by atoms with Gasteiger partial charge in [-0.15, -0.1) is 10.2 Å². The van der Waals surface area contributed by atoms with Crippen molar-refractivity contribution < 1.29 is 0 Å². The molecule has 0 aliphatic carbocycles. The van der Waals surface area contributed by atoms with Crippen LogP contribution < -0.4 is 0 Å². The third-order valence-electron chi connectivity index (χ3n) is 4.57. The van der Waals surface area contributed by atoms with Crippen molar-refractivity contribution >= 4 is 23.4 Å². The van der Waals surface area contributed by atoms with E-state index in [4.69, 9.17) is 11.6 Å². The molecule has 0 fully saturated rings. The molecule has 0 N–H and O–H groups in total. The number of para-hydroxylation sites is 1. The number of benzene rings is 3. The SMILES string of the molecule is Cc1ccc(-c2nnc(SCc3ccccc3C#N)n2-c2ccccc2)cc1Cl. The Morgan fingerprint density at radius 1 is 1.00 bits per heavy atom. The minimum atomic E-state index is 0.628. The summed E-state index contributed by atoms with van der Waals surface area (Å²) in [6.07, 6.45) is 0. The Balaban J connectivity index is 1.75. The molecule has 1 aromatic heterocycles. The molecule has 6 heteroatoms. The van der Waals surface area contributed by atoms with Gasteiger partial charge in [0.2, 0.25) is 0 Å².